The third-order valence-electron chi connectivity index (χ3n) is 0.708. The molecule has 0 atom stereocenters. The predicted octanol–water partition coefficient (Wildman–Crippen LogP) is -0.0787. The minimum atomic E-state index is -4.12. The molecule has 6 heteroatoms. The van der Waals surface area contributed by atoms with Gasteiger partial charge in [-0.2, -0.15) is 8.42 Å². The average Bonchev–Trinajstić information content (AvgIpc) is 2.08. The van der Waals surface area contributed by atoms with Crippen LogP contribution in [0.25, 0.3) is 0 Å². The van der Waals surface area contributed by atoms with Gasteiger partial charge in [-0.25, -0.2) is 0 Å². The topological polar surface area (TPSA) is 80.4 Å². The van der Waals surface area contributed by atoms with Crippen LogP contribution in [-0.2, 0) is 10.1 Å². The standard InChI is InChI=1S/C3H3NO4S/c5-9(6,7)3-1-4-8-2-3/h1-2H,(H,5,6,7). The minimum Gasteiger partial charge on any atom is -0.363 e. The highest BCUT2D eigenvalue weighted by molar-refractivity contribution is 7.85. The first kappa shape index (κ1) is 6.24. The first-order valence-electron chi connectivity index (χ1n) is 1.97. The van der Waals surface area contributed by atoms with E-state index in [1.165, 1.54) is 0 Å². The van der Waals surface area contributed by atoms with Crippen LogP contribution < -0.4 is 0 Å². The zero-order valence-electron chi connectivity index (χ0n) is 4.18. The zero-order valence-corrected chi connectivity index (χ0v) is 5.00. The van der Waals surface area contributed by atoms with Crippen LogP contribution in [0.3, 0.4) is 0 Å². The third-order valence-corrected chi connectivity index (χ3v) is 1.50. The van der Waals surface area contributed by atoms with E-state index in [2.05, 4.69) is 9.68 Å². The molecular formula is C3H3NO4S. The van der Waals surface area contributed by atoms with Crippen molar-refractivity contribution in [1.29, 1.82) is 0 Å². The number of hydrogen-bond donors (Lipinski definition) is 1. The fourth-order valence-corrected chi connectivity index (χ4v) is 0.663. The van der Waals surface area contributed by atoms with Gasteiger partial charge in [0.2, 0.25) is 0 Å². The molecule has 0 aliphatic carbocycles. The Morgan fingerprint density at radius 3 is 2.56 bits per heavy atom. The lowest BCUT2D eigenvalue weighted by molar-refractivity contribution is 0.416. The normalized spacial score (nSPS) is 11.7. The largest absolute Gasteiger partial charge is 0.363 e. The van der Waals surface area contributed by atoms with Gasteiger partial charge in [-0.3, -0.25) is 4.55 Å². The molecule has 0 spiro atoms. The molecule has 0 saturated heterocycles. The molecule has 0 aliphatic rings. The maximum atomic E-state index is 10.1. The lowest BCUT2D eigenvalue weighted by Gasteiger charge is -1.82. The summed E-state index contributed by atoms with van der Waals surface area (Å²) >= 11 is 0. The monoisotopic (exact) mass is 149 g/mol. The van der Waals surface area contributed by atoms with Gasteiger partial charge in [0.25, 0.3) is 10.1 Å². The molecule has 0 saturated carbocycles. The second kappa shape index (κ2) is 1.82. The first-order valence-corrected chi connectivity index (χ1v) is 3.41. The predicted molar refractivity (Wildman–Crippen MR) is 26.3 cm³/mol. The van der Waals surface area contributed by atoms with E-state index in [9.17, 15) is 8.42 Å². The SMILES string of the molecule is O=S(=O)(O)c1cnoc1. The Balaban J connectivity index is 3.20. The van der Waals surface area contributed by atoms with Crippen molar-refractivity contribution < 1.29 is 17.5 Å². The van der Waals surface area contributed by atoms with E-state index in [1.54, 1.807) is 0 Å². The molecule has 1 rings (SSSR count). The van der Waals surface area contributed by atoms with E-state index in [0.717, 1.165) is 12.5 Å². The summed E-state index contributed by atoms with van der Waals surface area (Å²) < 4.78 is 32.7. The van der Waals surface area contributed by atoms with E-state index in [0.29, 0.717) is 0 Å². The summed E-state index contributed by atoms with van der Waals surface area (Å²) in [5, 5.41) is 3.07. The van der Waals surface area contributed by atoms with E-state index in [-0.39, 0.29) is 4.90 Å². The molecule has 0 bridgehead atoms. The molecule has 1 aromatic heterocycles. The molecule has 0 radical (unpaired) electrons. The Morgan fingerprint density at radius 2 is 2.33 bits per heavy atom. The summed E-state index contributed by atoms with van der Waals surface area (Å²) in [4.78, 5) is -0.331. The Kier molecular flexibility index (Phi) is 1.26. The van der Waals surface area contributed by atoms with E-state index in [4.69, 9.17) is 4.55 Å². The van der Waals surface area contributed by atoms with Crippen LogP contribution in [0, 0.1) is 0 Å². The van der Waals surface area contributed by atoms with Crippen LogP contribution in [0.1, 0.15) is 0 Å². The van der Waals surface area contributed by atoms with E-state index in [1.807, 2.05) is 0 Å². The highest BCUT2D eigenvalue weighted by atomic mass is 32.2. The second-order valence-corrected chi connectivity index (χ2v) is 2.76. The second-order valence-electron chi connectivity index (χ2n) is 1.34. The summed E-state index contributed by atoms with van der Waals surface area (Å²) in [5.41, 5.74) is 0. The van der Waals surface area contributed by atoms with Crippen molar-refractivity contribution in [2.45, 2.75) is 4.90 Å². The highest BCUT2D eigenvalue weighted by Crippen LogP contribution is 2.03. The fourth-order valence-electron chi connectivity index (χ4n) is 0.323. The van der Waals surface area contributed by atoms with E-state index >= 15 is 0 Å². The maximum Gasteiger partial charge on any atom is 0.299 e. The van der Waals surface area contributed by atoms with Crippen molar-refractivity contribution in [3.8, 4) is 0 Å². The maximum absolute atomic E-state index is 10.1. The van der Waals surface area contributed by atoms with Gasteiger partial charge in [-0.15, -0.1) is 0 Å². The van der Waals surface area contributed by atoms with E-state index < -0.39 is 10.1 Å². The molecule has 9 heavy (non-hydrogen) atoms. The summed E-state index contributed by atoms with van der Waals surface area (Å²) in [6.45, 7) is 0. The van der Waals surface area contributed by atoms with Crippen molar-refractivity contribution in [3.63, 3.8) is 0 Å². The van der Waals surface area contributed by atoms with Crippen LogP contribution in [0.15, 0.2) is 21.9 Å². The quantitative estimate of drug-likeness (QED) is 0.565. The lowest BCUT2D eigenvalue weighted by atomic mass is 10.8. The van der Waals surface area contributed by atoms with Crippen LogP contribution in [0.5, 0.6) is 0 Å². The van der Waals surface area contributed by atoms with Crippen LogP contribution >= 0.6 is 0 Å². The summed E-state index contributed by atoms with van der Waals surface area (Å²) in [6, 6.07) is 0. The number of rotatable bonds is 1. The molecule has 1 heterocycles. The number of aromatic nitrogens is 1. The summed E-state index contributed by atoms with van der Waals surface area (Å²) in [5.74, 6) is 0. The zero-order chi connectivity index (χ0) is 6.91. The molecular weight excluding hydrogens is 146 g/mol. The first-order chi connectivity index (χ1) is 4.11. The molecule has 0 aliphatic heterocycles. The fraction of sp³-hybridized carbons (Fsp3) is 0. The van der Waals surface area contributed by atoms with Crippen LogP contribution in [-0.4, -0.2) is 18.1 Å². The van der Waals surface area contributed by atoms with Crippen LogP contribution in [0.2, 0.25) is 0 Å². The summed E-state index contributed by atoms with van der Waals surface area (Å²) in [6.07, 6.45) is 1.75. The lowest BCUT2D eigenvalue weighted by Crippen LogP contribution is -1.94. The molecule has 0 fully saturated rings. The Morgan fingerprint density at radius 1 is 1.67 bits per heavy atom. The number of hydrogen-bond acceptors (Lipinski definition) is 4. The molecule has 1 aromatic rings. The smallest absolute Gasteiger partial charge is 0.299 e. The molecule has 50 valence electrons. The average molecular weight is 149 g/mol. The van der Waals surface area contributed by atoms with Gasteiger partial charge in [0.05, 0.1) is 6.20 Å². The van der Waals surface area contributed by atoms with Gasteiger partial charge in [0.1, 0.15) is 6.26 Å². The van der Waals surface area contributed by atoms with Crippen LogP contribution in [0.4, 0.5) is 0 Å². The Bertz CT molecular complexity index is 273. The van der Waals surface area contributed by atoms with Crippen molar-refractivity contribution in [3.05, 3.63) is 12.5 Å². The van der Waals surface area contributed by atoms with Gasteiger partial charge in [-0.05, 0) is 0 Å². The van der Waals surface area contributed by atoms with Gasteiger partial charge < -0.3 is 4.52 Å². The molecule has 0 unspecified atom stereocenters. The molecule has 5 nitrogen and oxygen atoms in total. The van der Waals surface area contributed by atoms with Crippen molar-refractivity contribution in [2.75, 3.05) is 0 Å². The molecule has 0 amide bonds. The van der Waals surface area contributed by atoms with Gasteiger partial charge in [0, 0.05) is 0 Å². The van der Waals surface area contributed by atoms with Gasteiger partial charge in [0.15, 0.2) is 4.90 Å². The minimum absolute atomic E-state index is 0.331. The van der Waals surface area contributed by atoms with Gasteiger partial charge >= 0.3 is 0 Å². The highest BCUT2D eigenvalue weighted by Gasteiger charge is 2.10. The molecule has 0 aromatic carbocycles. The van der Waals surface area contributed by atoms with Crippen molar-refractivity contribution in [2.24, 2.45) is 0 Å². The number of nitrogens with zero attached hydrogens (tertiary/aromatic N) is 1. The Labute approximate surface area is 51.0 Å². The summed E-state index contributed by atoms with van der Waals surface area (Å²) in [7, 11) is -4.12. The molecule has 1 N–H and O–H groups in total. The Hall–Kier alpha value is -0.880. The third kappa shape index (κ3) is 1.27. The van der Waals surface area contributed by atoms with Crippen molar-refractivity contribution >= 4 is 10.1 Å². The van der Waals surface area contributed by atoms with Gasteiger partial charge in [-0.1, -0.05) is 5.16 Å². The van der Waals surface area contributed by atoms with Crippen molar-refractivity contribution in [1.82, 2.24) is 5.16 Å².